The van der Waals surface area contributed by atoms with Crippen LogP contribution in [0.2, 0.25) is 0 Å². The van der Waals surface area contributed by atoms with Crippen molar-refractivity contribution in [2.75, 3.05) is 5.32 Å². The van der Waals surface area contributed by atoms with Crippen LogP contribution in [0.1, 0.15) is 29.6 Å². The Morgan fingerprint density at radius 2 is 2.12 bits per heavy atom. The van der Waals surface area contributed by atoms with Crippen molar-refractivity contribution in [1.82, 2.24) is 24.7 Å². The lowest BCUT2D eigenvalue weighted by molar-refractivity contribution is -0.152. The van der Waals surface area contributed by atoms with Crippen molar-refractivity contribution in [3.05, 3.63) is 35.1 Å². The topological polar surface area (TPSA) is 125 Å². The Morgan fingerprint density at radius 1 is 1.35 bits per heavy atom. The van der Waals surface area contributed by atoms with E-state index in [0.29, 0.717) is 22.8 Å². The van der Waals surface area contributed by atoms with E-state index >= 15 is 0 Å². The van der Waals surface area contributed by atoms with Crippen LogP contribution in [0.15, 0.2) is 16.9 Å². The van der Waals surface area contributed by atoms with Crippen LogP contribution < -0.4 is 5.32 Å². The molecule has 0 saturated carbocycles. The minimum Gasteiger partial charge on any atom is -0.452 e. The van der Waals surface area contributed by atoms with Gasteiger partial charge in [-0.05, 0) is 27.7 Å². The van der Waals surface area contributed by atoms with Gasteiger partial charge in [-0.15, -0.1) is 0 Å². The molecule has 0 aliphatic heterocycles. The van der Waals surface area contributed by atoms with Gasteiger partial charge in [-0.25, -0.2) is 9.50 Å². The number of nitrogens with one attached hydrogen (secondary N) is 1. The molecule has 0 fully saturated rings. The number of hydrogen-bond acceptors (Lipinski definition) is 8. The quantitative estimate of drug-likeness (QED) is 0.674. The number of aryl methyl sites for hydroxylation is 3. The lowest BCUT2D eigenvalue weighted by Gasteiger charge is -2.14. The fraction of sp³-hybridized carbons (Fsp3) is 0.375. The largest absolute Gasteiger partial charge is 0.452 e. The monoisotopic (exact) mass is 358 g/mol. The minimum atomic E-state index is -0.983. The summed E-state index contributed by atoms with van der Waals surface area (Å²) in [7, 11) is 0. The second-order valence-electron chi connectivity index (χ2n) is 5.85. The summed E-state index contributed by atoms with van der Waals surface area (Å²) in [4.78, 5) is 32.7. The average molecular weight is 358 g/mol. The molecule has 0 bridgehead atoms. The fourth-order valence-corrected chi connectivity index (χ4v) is 2.50. The van der Waals surface area contributed by atoms with E-state index in [1.54, 1.807) is 24.4 Å². The normalized spacial score (nSPS) is 12.2. The first-order valence-electron chi connectivity index (χ1n) is 7.94. The maximum absolute atomic E-state index is 12.3. The third-order valence-electron chi connectivity index (χ3n) is 3.87. The van der Waals surface area contributed by atoms with Crippen LogP contribution in [0.25, 0.3) is 5.78 Å². The maximum atomic E-state index is 12.3. The molecule has 0 aromatic carbocycles. The molecule has 26 heavy (non-hydrogen) atoms. The van der Waals surface area contributed by atoms with Crippen molar-refractivity contribution in [2.45, 2.75) is 40.2 Å². The Hall–Kier alpha value is -3.30. The van der Waals surface area contributed by atoms with E-state index in [2.05, 4.69) is 25.5 Å². The van der Waals surface area contributed by atoms with Crippen molar-refractivity contribution in [3.8, 4) is 0 Å². The van der Waals surface area contributed by atoms with E-state index in [9.17, 15) is 9.59 Å². The summed E-state index contributed by atoms with van der Waals surface area (Å²) in [6.07, 6.45) is 0.388. The van der Waals surface area contributed by atoms with Crippen molar-refractivity contribution in [1.29, 1.82) is 0 Å². The first-order valence-corrected chi connectivity index (χ1v) is 7.94. The number of rotatable bonds is 5. The number of carbonyl (C=O) groups is 2. The van der Waals surface area contributed by atoms with Gasteiger partial charge in [0.2, 0.25) is 0 Å². The molecule has 1 amide bonds. The van der Waals surface area contributed by atoms with Gasteiger partial charge in [0, 0.05) is 23.0 Å². The van der Waals surface area contributed by atoms with E-state index < -0.39 is 18.0 Å². The molecule has 0 aliphatic rings. The van der Waals surface area contributed by atoms with Gasteiger partial charge in [-0.2, -0.15) is 10.1 Å². The number of esters is 1. The molecule has 0 unspecified atom stereocenters. The van der Waals surface area contributed by atoms with Gasteiger partial charge in [-0.1, -0.05) is 5.16 Å². The number of hydrogen-bond donors (Lipinski definition) is 1. The summed E-state index contributed by atoms with van der Waals surface area (Å²) in [5, 5.41) is 10.3. The van der Waals surface area contributed by atoms with Crippen molar-refractivity contribution in [3.63, 3.8) is 0 Å². The third-order valence-corrected chi connectivity index (χ3v) is 3.87. The van der Waals surface area contributed by atoms with Gasteiger partial charge in [0.1, 0.15) is 12.1 Å². The summed E-state index contributed by atoms with van der Waals surface area (Å²) < 4.78 is 11.6. The summed E-state index contributed by atoms with van der Waals surface area (Å²) in [6, 6.07) is 1.57. The van der Waals surface area contributed by atoms with Gasteiger partial charge in [0.05, 0.1) is 6.42 Å². The van der Waals surface area contributed by atoms with Gasteiger partial charge >= 0.3 is 5.97 Å². The van der Waals surface area contributed by atoms with Gasteiger partial charge in [-0.3, -0.25) is 9.59 Å². The Morgan fingerprint density at radius 3 is 2.81 bits per heavy atom. The molecule has 3 aromatic rings. The number of fused-ring (bicyclic) bond motifs is 1. The highest BCUT2D eigenvalue weighted by molar-refractivity contribution is 5.94. The molecule has 0 aliphatic carbocycles. The molecule has 3 heterocycles. The summed E-state index contributed by atoms with van der Waals surface area (Å²) in [6.45, 7) is 6.80. The van der Waals surface area contributed by atoms with E-state index in [1.807, 2.05) is 6.92 Å². The highest BCUT2D eigenvalue weighted by atomic mass is 16.5. The molecule has 3 aromatic heterocycles. The molecule has 136 valence electrons. The molecular formula is C16H18N6O4. The Labute approximate surface area is 148 Å². The summed E-state index contributed by atoms with van der Waals surface area (Å²) >= 11 is 0. The standard InChI is InChI=1S/C16H18N6O4/c1-8-5-13(21-26-8)20-15(24)11(4)25-14(23)6-12-9(2)19-16-17-7-18-22(16)10(12)3/h5,7,11H,6H2,1-4H3,(H,20,21,24)/t11-/m0/s1. The molecule has 10 heteroatoms. The highest BCUT2D eigenvalue weighted by Crippen LogP contribution is 2.15. The van der Waals surface area contributed by atoms with Crippen LogP contribution in [0, 0.1) is 20.8 Å². The first kappa shape index (κ1) is 17.5. The number of amides is 1. The number of carbonyl (C=O) groups excluding carboxylic acids is 2. The molecule has 0 spiro atoms. The Balaban J connectivity index is 1.66. The van der Waals surface area contributed by atoms with Gasteiger partial charge in [0.15, 0.2) is 11.9 Å². The zero-order valence-electron chi connectivity index (χ0n) is 14.8. The van der Waals surface area contributed by atoms with Gasteiger partial charge in [0.25, 0.3) is 11.7 Å². The van der Waals surface area contributed by atoms with E-state index in [-0.39, 0.29) is 12.2 Å². The van der Waals surface area contributed by atoms with Crippen LogP contribution in [0.4, 0.5) is 5.82 Å². The predicted octanol–water partition coefficient (Wildman–Crippen LogP) is 1.15. The van der Waals surface area contributed by atoms with Crippen LogP contribution in [0.3, 0.4) is 0 Å². The second kappa shape index (κ2) is 6.90. The van der Waals surface area contributed by atoms with Crippen molar-refractivity contribution in [2.24, 2.45) is 0 Å². The minimum absolute atomic E-state index is 0.0266. The predicted molar refractivity (Wildman–Crippen MR) is 89.4 cm³/mol. The lowest BCUT2D eigenvalue weighted by atomic mass is 10.1. The highest BCUT2D eigenvalue weighted by Gasteiger charge is 2.21. The molecule has 1 atom stereocenters. The maximum Gasteiger partial charge on any atom is 0.311 e. The zero-order chi connectivity index (χ0) is 18.8. The van der Waals surface area contributed by atoms with Crippen LogP contribution >= 0.6 is 0 Å². The molecule has 3 rings (SSSR count). The SMILES string of the molecule is Cc1cc(NC(=O)[C@H](C)OC(=O)Cc2c(C)nc3ncnn3c2C)no1. The first-order chi connectivity index (χ1) is 12.3. The Kier molecular flexibility index (Phi) is 4.65. The van der Waals surface area contributed by atoms with E-state index in [4.69, 9.17) is 9.26 Å². The van der Waals surface area contributed by atoms with E-state index in [0.717, 1.165) is 5.69 Å². The molecule has 1 N–H and O–H groups in total. The smallest absolute Gasteiger partial charge is 0.311 e. The lowest BCUT2D eigenvalue weighted by Crippen LogP contribution is -2.30. The van der Waals surface area contributed by atoms with Crippen molar-refractivity contribution < 1.29 is 18.8 Å². The second-order valence-corrected chi connectivity index (χ2v) is 5.85. The van der Waals surface area contributed by atoms with Crippen molar-refractivity contribution >= 4 is 23.5 Å². The fourth-order valence-electron chi connectivity index (χ4n) is 2.50. The number of aromatic nitrogens is 5. The number of nitrogens with zero attached hydrogens (tertiary/aromatic N) is 5. The van der Waals surface area contributed by atoms with E-state index in [1.165, 1.54) is 13.3 Å². The molecular weight excluding hydrogens is 340 g/mol. The zero-order valence-corrected chi connectivity index (χ0v) is 14.8. The molecule has 10 nitrogen and oxygen atoms in total. The van der Waals surface area contributed by atoms with Crippen LogP contribution in [-0.2, 0) is 20.7 Å². The third kappa shape index (κ3) is 3.53. The Bertz CT molecular complexity index is 976. The van der Waals surface area contributed by atoms with Gasteiger partial charge < -0.3 is 14.6 Å². The van der Waals surface area contributed by atoms with Crippen LogP contribution in [-0.4, -0.2) is 42.7 Å². The summed E-state index contributed by atoms with van der Waals surface area (Å²) in [5.41, 5.74) is 2.10. The summed E-state index contributed by atoms with van der Waals surface area (Å²) in [5.74, 6) is 0.254. The number of anilines is 1. The molecule has 0 saturated heterocycles. The number of ether oxygens (including phenoxy) is 1. The average Bonchev–Trinajstić information content (AvgIpc) is 3.20. The molecule has 0 radical (unpaired) electrons. The van der Waals surface area contributed by atoms with Crippen LogP contribution in [0.5, 0.6) is 0 Å².